The van der Waals surface area contributed by atoms with Crippen LogP contribution in [0.25, 0.3) is 11.0 Å². The van der Waals surface area contributed by atoms with Crippen LogP contribution in [0.5, 0.6) is 0 Å². The summed E-state index contributed by atoms with van der Waals surface area (Å²) < 4.78 is 5.15. The third-order valence-electron chi connectivity index (χ3n) is 2.60. The Hall–Kier alpha value is -1.35. The average molecular weight is 204 g/mol. The molecule has 0 fully saturated rings. The molecule has 2 aromatic heterocycles. The fourth-order valence-corrected chi connectivity index (χ4v) is 1.66. The lowest BCUT2D eigenvalue weighted by molar-refractivity contribution is 0.186. The van der Waals surface area contributed by atoms with E-state index in [0.29, 0.717) is 12.5 Å². The Bertz CT molecular complexity index is 460. The first-order valence-electron chi connectivity index (χ1n) is 5.17. The zero-order chi connectivity index (χ0) is 10.8. The number of methoxy groups -OCH3 is 1. The molecule has 0 radical (unpaired) electrons. The summed E-state index contributed by atoms with van der Waals surface area (Å²) in [6.45, 7) is 4.97. The second-order valence-electron chi connectivity index (χ2n) is 4.07. The van der Waals surface area contributed by atoms with Gasteiger partial charge < -0.3 is 9.72 Å². The number of H-pyrrole nitrogens is 1. The number of nitrogens with zero attached hydrogens (tertiary/aromatic N) is 1. The lowest BCUT2D eigenvalue weighted by atomic mass is 10.0. The molecule has 0 aromatic carbocycles. The Kier molecular flexibility index (Phi) is 2.73. The number of rotatable bonds is 3. The van der Waals surface area contributed by atoms with Crippen LogP contribution in [0.2, 0.25) is 0 Å². The highest BCUT2D eigenvalue weighted by Gasteiger charge is 2.07. The van der Waals surface area contributed by atoms with Crippen LogP contribution in [-0.2, 0) is 11.3 Å². The molecule has 0 aliphatic rings. The van der Waals surface area contributed by atoms with Crippen LogP contribution in [-0.4, -0.2) is 17.1 Å². The van der Waals surface area contributed by atoms with Gasteiger partial charge in [0.2, 0.25) is 0 Å². The summed E-state index contributed by atoms with van der Waals surface area (Å²) in [7, 11) is 1.71. The van der Waals surface area contributed by atoms with Crippen molar-refractivity contribution in [2.45, 2.75) is 26.4 Å². The first kappa shape index (κ1) is 10.2. The van der Waals surface area contributed by atoms with E-state index >= 15 is 0 Å². The fraction of sp³-hybridized carbons (Fsp3) is 0.417. The van der Waals surface area contributed by atoms with Gasteiger partial charge in [0.05, 0.1) is 6.61 Å². The third-order valence-corrected chi connectivity index (χ3v) is 2.60. The lowest BCUT2D eigenvalue weighted by Crippen LogP contribution is -1.90. The van der Waals surface area contributed by atoms with Crippen molar-refractivity contribution in [2.24, 2.45) is 0 Å². The van der Waals surface area contributed by atoms with Crippen molar-refractivity contribution < 1.29 is 4.74 Å². The van der Waals surface area contributed by atoms with Crippen molar-refractivity contribution >= 4 is 11.0 Å². The maximum absolute atomic E-state index is 5.15. The smallest absolute Gasteiger partial charge is 0.137 e. The van der Waals surface area contributed by atoms with Gasteiger partial charge in [0.1, 0.15) is 5.65 Å². The van der Waals surface area contributed by atoms with Crippen LogP contribution < -0.4 is 0 Å². The SMILES string of the molecule is COCc1c[nH]c2ncc(C(C)C)cc12. The number of aromatic amines is 1. The highest BCUT2D eigenvalue weighted by atomic mass is 16.5. The van der Waals surface area contributed by atoms with Crippen LogP contribution in [0.1, 0.15) is 30.9 Å². The molecule has 0 saturated heterocycles. The standard InChI is InChI=1S/C12H16N2O/c1-8(2)9-4-11-10(7-15-3)6-14-12(11)13-5-9/h4-6,8H,7H2,1-3H3,(H,13,14). The van der Waals surface area contributed by atoms with Gasteiger partial charge in [-0.05, 0) is 17.5 Å². The van der Waals surface area contributed by atoms with Crippen molar-refractivity contribution in [3.8, 4) is 0 Å². The summed E-state index contributed by atoms with van der Waals surface area (Å²) in [5.74, 6) is 0.507. The van der Waals surface area contributed by atoms with E-state index in [9.17, 15) is 0 Å². The number of aromatic nitrogens is 2. The van der Waals surface area contributed by atoms with Crippen LogP contribution in [0.3, 0.4) is 0 Å². The first-order chi connectivity index (χ1) is 7.22. The van der Waals surface area contributed by atoms with Crippen molar-refractivity contribution in [3.05, 3.63) is 29.6 Å². The van der Waals surface area contributed by atoms with Crippen LogP contribution >= 0.6 is 0 Å². The molecule has 0 saturated carbocycles. The van der Waals surface area contributed by atoms with E-state index in [1.54, 1.807) is 7.11 Å². The van der Waals surface area contributed by atoms with E-state index < -0.39 is 0 Å². The Balaban J connectivity index is 2.51. The van der Waals surface area contributed by atoms with Gasteiger partial charge in [-0.2, -0.15) is 0 Å². The van der Waals surface area contributed by atoms with Crippen LogP contribution in [0.15, 0.2) is 18.5 Å². The summed E-state index contributed by atoms with van der Waals surface area (Å²) in [6.07, 6.45) is 3.89. The molecule has 1 N–H and O–H groups in total. The Morgan fingerprint density at radius 3 is 2.93 bits per heavy atom. The summed E-state index contributed by atoms with van der Waals surface area (Å²) in [4.78, 5) is 7.54. The highest BCUT2D eigenvalue weighted by Crippen LogP contribution is 2.22. The van der Waals surface area contributed by atoms with Gasteiger partial charge >= 0.3 is 0 Å². The largest absolute Gasteiger partial charge is 0.380 e. The summed E-state index contributed by atoms with van der Waals surface area (Å²) in [5, 5.41) is 1.17. The molecule has 0 aliphatic carbocycles. The molecule has 15 heavy (non-hydrogen) atoms. The number of hydrogen-bond acceptors (Lipinski definition) is 2. The van der Waals surface area contributed by atoms with Gasteiger partial charge in [-0.3, -0.25) is 0 Å². The van der Waals surface area contributed by atoms with Gasteiger partial charge in [0.25, 0.3) is 0 Å². The van der Waals surface area contributed by atoms with E-state index in [2.05, 4.69) is 29.9 Å². The lowest BCUT2D eigenvalue weighted by Gasteiger charge is -2.04. The van der Waals surface area contributed by atoms with E-state index in [4.69, 9.17) is 4.74 Å². The molecule has 0 bridgehead atoms. The van der Waals surface area contributed by atoms with E-state index in [1.165, 1.54) is 16.5 Å². The molecule has 2 rings (SSSR count). The summed E-state index contributed by atoms with van der Waals surface area (Å²) in [6, 6.07) is 2.19. The molecule has 3 heteroatoms. The number of hydrogen-bond donors (Lipinski definition) is 1. The predicted octanol–water partition coefficient (Wildman–Crippen LogP) is 2.83. The van der Waals surface area contributed by atoms with Gasteiger partial charge in [0.15, 0.2) is 0 Å². The highest BCUT2D eigenvalue weighted by molar-refractivity contribution is 5.80. The van der Waals surface area contributed by atoms with Crippen molar-refractivity contribution in [1.29, 1.82) is 0 Å². The second kappa shape index (κ2) is 4.03. The molecule has 2 heterocycles. The molecular weight excluding hydrogens is 188 g/mol. The maximum Gasteiger partial charge on any atom is 0.137 e. The maximum atomic E-state index is 5.15. The van der Waals surface area contributed by atoms with Crippen molar-refractivity contribution in [2.75, 3.05) is 7.11 Å². The van der Waals surface area contributed by atoms with Gasteiger partial charge in [-0.15, -0.1) is 0 Å². The molecule has 0 spiro atoms. The quantitative estimate of drug-likeness (QED) is 0.834. The Morgan fingerprint density at radius 1 is 1.47 bits per heavy atom. The predicted molar refractivity (Wildman–Crippen MR) is 60.9 cm³/mol. The molecule has 3 nitrogen and oxygen atoms in total. The summed E-state index contributed by atoms with van der Waals surface area (Å²) >= 11 is 0. The molecule has 2 aromatic rings. The monoisotopic (exact) mass is 204 g/mol. The second-order valence-corrected chi connectivity index (χ2v) is 4.07. The first-order valence-corrected chi connectivity index (χ1v) is 5.17. The third kappa shape index (κ3) is 1.88. The fourth-order valence-electron chi connectivity index (χ4n) is 1.66. The molecule has 0 atom stereocenters. The molecular formula is C12H16N2O. The average Bonchev–Trinajstić information content (AvgIpc) is 2.61. The number of ether oxygens (including phenoxy) is 1. The van der Waals surface area contributed by atoms with Gasteiger partial charge in [0, 0.05) is 30.5 Å². The summed E-state index contributed by atoms with van der Waals surface area (Å²) in [5.41, 5.74) is 3.37. The zero-order valence-electron chi connectivity index (χ0n) is 9.37. The minimum atomic E-state index is 0.507. The number of nitrogens with one attached hydrogen (secondary N) is 1. The zero-order valence-corrected chi connectivity index (χ0v) is 9.37. The molecule has 80 valence electrons. The van der Waals surface area contributed by atoms with E-state index in [0.717, 1.165) is 5.65 Å². The van der Waals surface area contributed by atoms with E-state index in [-0.39, 0.29) is 0 Å². The van der Waals surface area contributed by atoms with Crippen LogP contribution in [0.4, 0.5) is 0 Å². The minimum Gasteiger partial charge on any atom is -0.380 e. The van der Waals surface area contributed by atoms with Crippen LogP contribution in [0, 0.1) is 0 Å². The van der Waals surface area contributed by atoms with Gasteiger partial charge in [-0.1, -0.05) is 13.8 Å². The Labute approximate surface area is 89.5 Å². The minimum absolute atomic E-state index is 0.507. The Morgan fingerprint density at radius 2 is 2.27 bits per heavy atom. The van der Waals surface area contributed by atoms with Crippen molar-refractivity contribution in [1.82, 2.24) is 9.97 Å². The van der Waals surface area contributed by atoms with Crippen molar-refractivity contribution in [3.63, 3.8) is 0 Å². The molecule has 0 amide bonds. The van der Waals surface area contributed by atoms with Gasteiger partial charge in [-0.25, -0.2) is 4.98 Å². The molecule has 0 unspecified atom stereocenters. The number of fused-ring (bicyclic) bond motifs is 1. The molecule has 0 aliphatic heterocycles. The van der Waals surface area contributed by atoms with E-state index in [1.807, 2.05) is 12.4 Å². The normalized spacial score (nSPS) is 11.5. The topological polar surface area (TPSA) is 37.9 Å². The number of pyridine rings is 1.